The summed E-state index contributed by atoms with van der Waals surface area (Å²) < 4.78 is 39.7. The molecule has 4 rings (SSSR count). The van der Waals surface area contributed by atoms with Gasteiger partial charge in [-0.05, 0) is 24.3 Å². The highest BCUT2D eigenvalue weighted by molar-refractivity contribution is 5.73. The van der Waals surface area contributed by atoms with Gasteiger partial charge in [0.25, 0.3) is 0 Å². The Morgan fingerprint density at radius 3 is 2.42 bits per heavy atom. The van der Waals surface area contributed by atoms with E-state index in [1.165, 1.54) is 5.69 Å². The molecule has 1 unspecified atom stereocenters. The van der Waals surface area contributed by atoms with Crippen LogP contribution in [0.5, 0.6) is 5.88 Å². The van der Waals surface area contributed by atoms with Gasteiger partial charge in [-0.2, -0.15) is 18.3 Å². The van der Waals surface area contributed by atoms with E-state index in [2.05, 4.69) is 36.8 Å². The molecule has 4 heterocycles. The third-order valence-corrected chi connectivity index (χ3v) is 4.37. The molecule has 164 valence electrons. The third-order valence-electron chi connectivity index (χ3n) is 4.37. The van der Waals surface area contributed by atoms with Gasteiger partial charge >= 0.3 is 12.1 Å². The highest BCUT2D eigenvalue weighted by atomic mass is 19.4. The van der Waals surface area contributed by atoms with E-state index in [-0.39, 0.29) is 6.04 Å². The maximum absolute atomic E-state index is 10.6. The molecule has 0 amide bonds. The number of fused-ring (bicyclic) bond motifs is 1. The molecule has 3 aromatic heterocycles. The van der Waals surface area contributed by atoms with Crippen molar-refractivity contribution in [2.45, 2.75) is 25.3 Å². The SMILES string of the molecule is O=C(O)C(F)(F)F.c1ccc(CN2Cc3ccnn3C(COc3ccccn3)C2)nc1. The highest BCUT2D eigenvalue weighted by Crippen LogP contribution is 2.22. The maximum atomic E-state index is 10.6. The van der Waals surface area contributed by atoms with Crippen LogP contribution in [0, 0.1) is 0 Å². The fourth-order valence-electron chi connectivity index (χ4n) is 3.04. The summed E-state index contributed by atoms with van der Waals surface area (Å²) in [6.07, 6.45) is 0.349. The molecule has 0 aliphatic carbocycles. The minimum atomic E-state index is -5.08. The summed E-state index contributed by atoms with van der Waals surface area (Å²) in [5.41, 5.74) is 2.28. The van der Waals surface area contributed by atoms with E-state index in [1.54, 1.807) is 6.20 Å². The van der Waals surface area contributed by atoms with Gasteiger partial charge in [-0.3, -0.25) is 14.6 Å². The number of carboxylic acids is 1. The minimum absolute atomic E-state index is 0.162. The molecule has 0 bridgehead atoms. The highest BCUT2D eigenvalue weighted by Gasteiger charge is 2.38. The van der Waals surface area contributed by atoms with E-state index in [0.29, 0.717) is 12.5 Å². The molecule has 31 heavy (non-hydrogen) atoms. The van der Waals surface area contributed by atoms with Crippen molar-refractivity contribution in [3.8, 4) is 5.88 Å². The fourth-order valence-corrected chi connectivity index (χ4v) is 3.04. The number of halogens is 3. The summed E-state index contributed by atoms with van der Waals surface area (Å²) in [5, 5.41) is 11.6. The lowest BCUT2D eigenvalue weighted by atomic mass is 10.2. The first-order chi connectivity index (χ1) is 14.8. The van der Waals surface area contributed by atoms with Crippen molar-refractivity contribution in [2.75, 3.05) is 13.2 Å². The lowest BCUT2D eigenvalue weighted by Crippen LogP contribution is -2.39. The van der Waals surface area contributed by atoms with Crippen LogP contribution < -0.4 is 4.74 Å². The Kier molecular flexibility index (Phi) is 7.19. The van der Waals surface area contributed by atoms with Gasteiger partial charge in [-0.1, -0.05) is 12.1 Å². The number of nitrogens with zero attached hydrogens (tertiary/aromatic N) is 5. The van der Waals surface area contributed by atoms with Crippen LogP contribution >= 0.6 is 0 Å². The van der Waals surface area contributed by atoms with Crippen molar-refractivity contribution in [1.29, 1.82) is 0 Å². The van der Waals surface area contributed by atoms with Crippen LogP contribution in [0.2, 0.25) is 0 Å². The number of ether oxygens (including phenoxy) is 1. The monoisotopic (exact) mass is 435 g/mol. The average molecular weight is 435 g/mol. The first-order valence-electron chi connectivity index (χ1n) is 9.31. The average Bonchev–Trinajstić information content (AvgIpc) is 3.22. The molecule has 1 aliphatic rings. The quantitative estimate of drug-likeness (QED) is 0.659. The van der Waals surface area contributed by atoms with E-state index in [0.717, 1.165) is 25.3 Å². The van der Waals surface area contributed by atoms with Crippen LogP contribution in [0.4, 0.5) is 13.2 Å². The summed E-state index contributed by atoms with van der Waals surface area (Å²) in [4.78, 5) is 19.9. The lowest BCUT2D eigenvalue weighted by Gasteiger charge is -2.33. The van der Waals surface area contributed by atoms with Crippen molar-refractivity contribution in [1.82, 2.24) is 24.6 Å². The van der Waals surface area contributed by atoms with E-state index in [1.807, 2.05) is 42.7 Å². The second kappa shape index (κ2) is 10.0. The van der Waals surface area contributed by atoms with Crippen molar-refractivity contribution >= 4 is 5.97 Å². The van der Waals surface area contributed by atoms with E-state index in [9.17, 15) is 13.2 Å². The molecule has 0 saturated heterocycles. The second-order valence-electron chi connectivity index (χ2n) is 6.69. The van der Waals surface area contributed by atoms with Crippen molar-refractivity contribution in [2.24, 2.45) is 0 Å². The smallest absolute Gasteiger partial charge is 0.475 e. The molecule has 0 fully saturated rings. The van der Waals surface area contributed by atoms with Gasteiger partial charge in [-0.25, -0.2) is 9.78 Å². The van der Waals surface area contributed by atoms with Crippen LogP contribution in [0.3, 0.4) is 0 Å². The minimum Gasteiger partial charge on any atom is -0.475 e. The van der Waals surface area contributed by atoms with Crippen LogP contribution in [0.25, 0.3) is 0 Å². The molecule has 1 atom stereocenters. The Bertz CT molecular complexity index is 967. The van der Waals surface area contributed by atoms with Crippen LogP contribution in [-0.2, 0) is 17.9 Å². The zero-order valence-electron chi connectivity index (χ0n) is 16.3. The van der Waals surface area contributed by atoms with Gasteiger partial charge in [0.15, 0.2) is 0 Å². The predicted octanol–water partition coefficient (Wildman–Crippen LogP) is 2.94. The normalized spacial score (nSPS) is 16.0. The molecule has 0 spiro atoms. The predicted molar refractivity (Wildman–Crippen MR) is 103 cm³/mol. The summed E-state index contributed by atoms with van der Waals surface area (Å²) >= 11 is 0. The molecule has 3 aromatic rings. The molecular formula is C20H20F3N5O3. The van der Waals surface area contributed by atoms with Gasteiger partial charge in [0, 0.05) is 44.3 Å². The Morgan fingerprint density at radius 2 is 1.81 bits per heavy atom. The number of carbonyl (C=O) groups is 1. The molecule has 1 aliphatic heterocycles. The zero-order valence-corrected chi connectivity index (χ0v) is 16.3. The topological polar surface area (TPSA) is 93.4 Å². The van der Waals surface area contributed by atoms with Gasteiger partial charge in [0.1, 0.15) is 6.61 Å². The zero-order chi connectivity index (χ0) is 22.3. The fraction of sp³-hybridized carbons (Fsp3) is 0.300. The number of pyridine rings is 2. The van der Waals surface area contributed by atoms with E-state index >= 15 is 0 Å². The largest absolute Gasteiger partial charge is 0.490 e. The Hall–Kier alpha value is -3.47. The first kappa shape index (κ1) is 22.2. The number of alkyl halides is 3. The van der Waals surface area contributed by atoms with Crippen LogP contribution in [0.1, 0.15) is 17.4 Å². The molecule has 11 heteroatoms. The summed E-state index contributed by atoms with van der Waals surface area (Å²) in [7, 11) is 0. The Morgan fingerprint density at radius 1 is 1.10 bits per heavy atom. The number of rotatable bonds is 5. The summed E-state index contributed by atoms with van der Waals surface area (Å²) in [6, 6.07) is 13.9. The molecule has 1 N–H and O–H groups in total. The van der Waals surface area contributed by atoms with Gasteiger partial charge in [0.05, 0.1) is 17.4 Å². The maximum Gasteiger partial charge on any atom is 0.490 e. The second-order valence-corrected chi connectivity index (χ2v) is 6.69. The van der Waals surface area contributed by atoms with Crippen molar-refractivity contribution in [3.63, 3.8) is 0 Å². The number of aliphatic carboxylic acids is 1. The Labute approximate surface area is 175 Å². The lowest BCUT2D eigenvalue weighted by molar-refractivity contribution is -0.192. The first-order valence-corrected chi connectivity index (χ1v) is 9.31. The molecule has 0 radical (unpaired) electrons. The number of aromatic nitrogens is 4. The van der Waals surface area contributed by atoms with Crippen LogP contribution in [0.15, 0.2) is 61.1 Å². The summed E-state index contributed by atoms with van der Waals surface area (Å²) in [5.74, 6) is -2.11. The van der Waals surface area contributed by atoms with Gasteiger partial charge < -0.3 is 9.84 Å². The number of hydrogen-bond acceptors (Lipinski definition) is 6. The van der Waals surface area contributed by atoms with Gasteiger partial charge in [-0.15, -0.1) is 0 Å². The Balaban J connectivity index is 0.000000339. The van der Waals surface area contributed by atoms with Crippen molar-refractivity contribution in [3.05, 3.63) is 72.4 Å². The molecular weight excluding hydrogens is 415 g/mol. The standard InChI is InChI=1S/C18H19N5O.C2HF3O2/c1-3-8-19-15(5-1)11-22-12-16-7-10-21-23(16)17(13-22)14-24-18-6-2-4-9-20-18;3-2(4,5)1(6)7/h1-10,17H,11-14H2;(H,6,7). The number of carboxylic acid groups (broad SMARTS) is 1. The van der Waals surface area contributed by atoms with E-state index in [4.69, 9.17) is 14.6 Å². The molecule has 0 aromatic carbocycles. The van der Waals surface area contributed by atoms with E-state index < -0.39 is 12.1 Å². The third kappa shape index (κ3) is 6.51. The van der Waals surface area contributed by atoms with Gasteiger partial charge in [0.2, 0.25) is 5.88 Å². The molecule has 8 nitrogen and oxygen atoms in total. The number of hydrogen-bond donors (Lipinski definition) is 1. The van der Waals surface area contributed by atoms with Crippen molar-refractivity contribution < 1.29 is 27.8 Å². The molecule has 0 saturated carbocycles. The summed E-state index contributed by atoms with van der Waals surface area (Å²) in [6.45, 7) is 3.12. The van der Waals surface area contributed by atoms with Crippen LogP contribution in [-0.4, -0.2) is 55.1 Å².